The molecule has 6 nitrogen and oxygen atoms in total. The lowest BCUT2D eigenvalue weighted by atomic mass is 10.1. The molecule has 7 heteroatoms. The first-order valence-electron chi connectivity index (χ1n) is 9.21. The van der Waals surface area contributed by atoms with Gasteiger partial charge in [-0.1, -0.05) is 48.6 Å². The molecule has 0 aliphatic rings. The van der Waals surface area contributed by atoms with Crippen LogP contribution in [0.5, 0.6) is 0 Å². The van der Waals surface area contributed by atoms with Crippen LogP contribution in [-0.4, -0.2) is 22.0 Å². The summed E-state index contributed by atoms with van der Waals surface area (Å²) in [7, 11) is 0. The third kappa shape index (κ3) is 5.72. The summed E-state index contributed by atoms with van der Waals surface area (Å²) in [4.78, 5) is 24.0. The number of aryl methyl sites for hydroxylation is 2. The van der Waals surface area contributed by atoms with E-state index < -0.39 is 0 Å². The number of rotatable bonds is 8. The lowest BCUT2D eigenvalue weighted by Gasteiger charge is -2.05. The molecular formula is C21H22N4O2S. The molecule has 2 aromatic carbocycles. The highest BCUT2D eigenvalue weighted by Gasteiger charge is 2.11. The van der Waals surface area contributed by atoms with E-state index in [1.807, 2.05) is 25.1 Å². The van der Waals surface area contributed by atoms with Crippen LogP contribution in [0.2, 0.25) is 0 Å². The van der Waals surface area contributed by atoms with E-state index >= 15 is 0 Å². The predicted octanol–water partition coefficient (Wildman–Crippen LogP) is 4.31. The molecule has 3 aromatic rings. The van der Waals surface area contributed by atoms with Gasteiger partial charge < -0.3 is 5.32 Å². The van der Waals surface area contributed by atoms with Crippen molar-refractivity contribution in [1.82, 2.24) is 10.2 Å². The zero-order chi connectivity index (χ0) is 19.8. The SMILES string of the molecule is CCCC(=O)Nc1ccc(C(=O)Nc2nnc(CCc3ccccc3)s2)cc1. The van der Waals surface area contributed by atoms with Crippen LogP contribution in [0.3, 0.4) is 0 Å². The van der Waals surface area contributed by atoms with Crippen LogP contribution in [0, 0.1) is 0 Å². The fraction of sp³-hybridized carbons (Fsp3) is 0.238. The summed E-state index contributed by atoms with van der Waals surface area (Å²) in [6.45, 7) is 1.95. The predicted molar refractivity (Wildman–Crippen MR) is 112 cm³/mol. The molecule has 0 bridgehead atoms. The molecule has 0 aliphatic carbocycles. The minimum Gasteiger partial charge on any atom is -0.326 e. The van der Waals surface area contributed by atoms with E-state index in [0.29, 0.717) is 22.8 Å². The molecule has 2 amide bonds. The largest absolute Gasteiger partial charge is 0.326 e. The molecular weight excluding hydrogens is 372 g/mol. The Morgan fingerprint density at radius 2 is 1.68 bits per heavy atom. The summed E-state index contributed by atoms with van der Waals surface area (Å²) in [5, 5.41) is 15.1. The van der Waals surface area contributed by atoms with E-state index in [1.165, 1.54) is 16.9 Å². The number of carbonyl (C=O) groups is 2. The van der Waals surface area contributed by atoms with Crippen molar-refractivity contribution in [3.63, 3.8) is 0 Å². The molecule has 1 aromatic heterocycles. The number of carbonyl (C=O) groups excluding carboxylic acids is 2. The van der Waals surface area contributed by atoms with Crippen LogP contribution in [0.4, 0.5) is 10.8 Å². The molecule has 2 N–H and O–H groups in total. The molecule has 3 rings (SSSR count). The van der Waals surface area contributed by atoms with Crippen LogP contribution in [0.1, 0.15) is 40.7 Å². The minimum atomic E-state index is -0.253. The number of amides is 2. The monoisotopic (exact) mass is 394 g/mol. The van der Waals surface area contributed by atoms with Gasteiger partial charge in [0.15, 0.2) is 0 Å². The van der Waals surface area contributed by atoms with Crippen LogP contribution >= 0.6 is 11.3 Å². The molecule has 0 radical (unpaired) electrons. The zero-order valence-electron chi connectivity index (χ0n) is 15.6. The molecule has 0 unspecified atom stereocenters. The van der Waals surface area contributed by atoms with Gasteiger partial charge >= 0.3 is 0 Å². The molecule has 0 aliphatic heterocycles. The fourth-order valence-electron chi connectivity index (χ4n) is 2.63. The maximum Gasteiger partial charge on any atom is 0.257 e. The Balaban J connectivity index is 1.53. The van der Waals surface area contributed by atoms with Crippen molar-refractivity contribution in [2.24, 2.45) is 0 Å². The first-order valence-corrected chi connectivity index (χ1v) is 10.0. The van der Waals surface area contributed by atoms with Crippen molar-refractivity contribution in [1.29, 1.82) is 0 Å². The van der Waals surface area contributed by atoms with Crippen molar-refractivity contribution < 1.29 is 9.59 Å². The van der Waals surface area contributed by atoms with Gasteiger partial charge in [-0.3, -0.25) is 14.9 Å². The number of nitrogens with zero attached hydrogens (tertiary/aromatic N) is 2. The van der Waals surface area contributed by atoms with Crippen molar-refractivity contribution in [2.75, 3.05) is 10.6 Å². The van der Waals surface area contributed by atoms with Gasteiger partial charge in [0.1, 0.15) is 5.01 Å². The highest BCUT2D eigenvalue weighted by atomic mass is 32.1. The van der Waals surface area contributed by atoms with Crippen molar-refractivity contribution in [3.05, 3.63) is 70.7 Å². The molecule has 28 heavy (non-hydrogen) atoms. The maximum atomic E-state index is 12.4. The first kappa shape index (κ1) is 19.7. The fourth-order valence-corrected chi connectivity index (χ4v) is 3.36. The maximum absolute atomic E-state index is 12.4. The second kappa shape index (κ2) is 9.75. The van der Waals surface area contributed by atoms with Crippen molar-refractivity contribution >= 4 is 34.0 Å². The van der Waals surface area contributed by atoms with Crippen LogP contribution < -0.4 is 10.6 Å². The summed E-state index contributed by atoms with van der Waals surface area (Å²) in [6.07, 6.45) is 2.94. The van der Waals surface area contributed by atoms with Crippen LogP contribution in [-0.2, 0) is 17.6 Å². The molecule has 0 atom stereocenters. The number of aromatic nitrogens is 2. The van der Waals surface area contributed by atoms with Gasteiger partial charge in [-0.05, 0) is 42.7 Å². The summed E-state index contributed by atoms with van der Waals surface area (Å²) >= 11 is 1.38. The Bertz CT molecular complexity index is 923. The van der Waals surface area contributed by atoms with Gasteiger partial charge in [0.25, 0.3) is 5.91 Å². The Morgan fingerprint density at radius 1 is 0.929 bits per heavy atom. The summed E-state index contributed by atoms with van der Waals surface area (Å²) in [5.74, 6) is -0.284. The smallest absolute Gasteiger partial charge is 0.257 e. The van der Waals surface area contributed by atoms with Crippen molar-refractivity contribution in [3.8, 4) is 0 Å². The highest BCUT2D eigenvalue weighted by molar-refractivity contribution is 7.15. The molecule has 0 spiro atoms. The summed E-state index contributed by atoms with van der Waals surface area (Å²) in [6, 6.07) is 17.0. The van der Waals surface area contributed by atoms with E-state index in [4.69, 9.17) is 0 Å². The van der Waals surface area contributed by atoms with Gasteiger partial charge in [0.2, 0.25) is 11.0 Å². The lowest BCUT2D eigenvalue weighted by Crippen LogP contribution is -2.13. The molecule has 0 saturated carbocycles. The first-order chi connectivity index (χ1) is 13.6. The van der Waals surface area contributed by atoms with E-state index in [-0.39, 0.29) is 11.8 Å². The highest BCUT2D eigenvalue weighted by Crippen LogP contribution is 2.19. The third-order valence-electron chi connectivity index (χ3n) is 4.07. The van der Waals surface area contributed by atoms with Crippen LogP contribution in [0.15, 0.2) is 54.6 Å². The van der Waals surface area contributed by atoms with E-state index in [0.717, 1.165) is 24.3 Å². The van der Waals surface area contributed by atoms with Gasteiger partial charge in [-0.15, -0.1) is 10.2 Å². The standard InChI is InChI=1S/C21H22N4O2S/c1-2-6-18(26)22-17-12-10-16(11-13-17)20(27)23-21-25-24-19(28-21)14-9-15-7-4-3-5-8-15/h3-5,7-8,10-13H,2,6,9,14H2,1H3,(H,22,26)(H,23,25,27). The molecule has 144 valence electrons. The molecule has 1 heterocycles. The number of hydrogen-bond donors (Lipinski definition) is 2. The quantitative estimate of drug-likeness (QED) is 0.596. The van der Waals surface area contributed by atoms with Gasteiger partial charge in [0, 0.05) is 24.1 Å². The number of anilines is 2. The Hall–Kier alpha value is -3.06. The second-order valence-electron chi connectivity index (χ2n) is 6.32. The Labute approximate surface area is 168 Å². The van der Waals surface area contributed by atoms with E-state index in [1.54, 1.807) is 24.3 Å². The number of nitrogens with one attached hydrogen (secondary N) is 2. The third-order valence-corrected chi connectivity index (χ3v) is 4.96. The van der Waals surface area contributed by atoms with E-state index in [2.05, 4.69) is 33.0 Å². The Morgan fingerprint density at radius 3 is 2.39 bits per heavy atom. The Kier molecular flexibility index (Phi) is 6.86. The number of benzene rings is 2. The average Bonchev–Trinajstić information content (AvgIpc) is 3.15. The van der Waals surface area contributed by atoms with Gasteiger partial charge in [-0.25, -0.2) is 0 Å². The number of hydrogen-bond acceptors (Lipinski definition) is 5. The summed E-state index contributed by atoms with van der Waals surface area (Å²) < 4.78 is 0. The zero-order valence-corrected chi connectivity index (χ0v) is 16.5. The molecule has 0 saturated heterocycles. The summed E-state index contributed by atoms with van der Waals surface area (Å²) in [5.41, 5.74) is 2.41. The van der Waals surface area contributed by atoms with Crippen LogP contribution in [0.25, 0.3) is 0 Å². The van der Waals surface area contributed by atoms with Gasteiger partial charge in [-0.2, -0.15) is 0 Å². The normalized spacial score (nSPS) is 10.5. The van der Waals surface area contributed by atoms with E-state index in [9.17, 15) is 9.59 Å². The topological polar surface area (TPSA) is 84.0 Å². The lowest BCUT2D eigenvalue weighted by molar-refractivity contribution is -0.116. The minimum absolute atomic E-state index is 0.0309. The van der Waals surface area contributed by atoms with Crippen molar-refractivity contribution in [2.45, 2.75) is 32.6 Å². The average molecular weight is 395 g/mol. The second-order valence-corrected chi connectivity index (χ2v) is 7.38. The van der Waals surface area contributed by atoms with Gasteiger partial charge in [0.05, 0.1) is 0 Å². The molecule has 0 fully saturated rings.